The molecule has 0 aliphatic heterocycles. The maximum absolute atomic E-state index is 12.6. The minimum absolute atomic E-state index is 0.151. The summed E-state index contributed by atoms with van der Waals surface area (Å²) in [5.74, 6) is -0.599. The van der Waals surface area contributed by atoms with Crippen LogP contribution in [0.1, 0.15) is 67.3 Å². The van der Waals surface area contributed by atoms with Gasteiger partial charge in [0, 0.05) is 12.5 Å². The lowest BCUT2D eigenvalue weighted by Crippen LogP contribution is -2.26. The Bertz CT molecular complexity index is 1150. The Kier molecular flexibility index (Phi) is 5.65. The number of fused-ring (bicyclic) bond motifs is 1. The number of aromatic nitrogens is 2. The molecule has 3 aromatic rings. The molecule has 1 N–H and O–H groups in total. The molecule has 1 saturated carbocycles. The fraction of sp³-hybridized carbons (Fsp3) is 0.417. The molecule has 1 heterocycles. The summed E-state index contributed by atoms with van der Waals surface area (Å²) in [5, 5.41) is 9.36. The number of rotatable bonds is 5. The zero-order valence-electron chi connectivity index (χ0n) is 17.9. The maximum atomic E-state index is 12.6. The van der Waals surface area contributed by atoms with Crippen LogP contribution in [0.5, 0.6) is 5.75 Å². The van der Waals surface area contributed by atoms with Gasteiger partial charge in [-0.25, -0.2) is 9.78 Å². The second kappa shape index (κ2) is 8.15. The van der Waals surface area contributed by atoms with Gasteiger partial charge < -0.3 is 14.4 Å². The molecule has 1 unspecified atom stereocenters. The first-order chi connectivity index (χ1) is 15.0. The first-order valence-corrected chi connectivity index (χ1v) is 10.6. The van der Waals surface area contributed by atoms with Gasteiger partial charge in [-0.15, -0.1) is 13.2 Å². The molecule has 1 fully saturated rings. The van der Waals surface area contributed by atoms with Gasteiger partial charge in [0.25, 0.3) is 0 Å². The number of aromatic carboxylic acids is 1. The quantitative estimate of drug-likeness (QED) is 0.495. The molecule has 2 aromatic carbocycles. The van der Waals surface area contributed by atoms with Gasteiger partial charge in [0.2, 0.25) is 0 Å². The van der Waals surface area contributed by atoms with E-state index in [1.54, 1.807) is 24.3 Å². The highest BCUT2D eigenvalue weighted by molar-refractivity contribution is 5.92. The number of halogens is 3. The molecule has 0 amide bonds. The summed E-state index contributed by atoms with van der Waals surface area (Å²) in [4.78, 5) is 16.1. The minimum atomic E-state index is -4.76. The number of hydrogen-bond acceptors (Lipinski definition) is 3. The third kappa shape index (κ3) is 4.89. The van der Waals surface area contributed by atoms with Gasteiger partial charge in [-0.1, -0.05) is 32.4 Å². The Morgan fingerprint density at radius 3 is 2.72 bits per heavy atom. The third-order valence-electron chi connectivity index (χ3n) is 6.05. The molecule has 5 nitrogen and oxygen atoms in total. The van der Waals surface area contributed by atoms with Crippen molar-refractivity contribution >= 4 is 17.0 Å². The summed E-state index contributed by atoms with van der Waals surface area (Å²) in [6, 6.07) is 11.0. The topological polar surface area (TPSA) is 64.4 Å². The van der Waals surface area contributed by atoms with Crippen molar-refractivity contribution in [3.63, 3.8) is 0 Å². The lowest BCUT2D eigenvalue weighted by molar-refractivity contribution is -0.274. The first kappa shape index (κ1) is 22.2. The zero-order valence-corrected chi connectivity index (χ0v) is 17.9. The Labute approximate surface area is 183 Å². The molecule has 0 radical (unpaired) electrons. The molecule has 4 rings (SSSR count). The molecule has 0 saturated heterocycles. The average Bonchev–Trinajstić information content (AvgIpc) is 3.03. The second-order valence-corrected chi connectivity index (χ2v) is 9.19. The number of benzene rings is 2. The SMILES string of the molecule is CC1(C)CCCC(n2c(Cc3cccc(OC(F)(F)F)c3)nc3cc(C(=O)O)ccc32)C1. The number of alkyl halides is 3. The Morgan fingerprint density at radius 2 is 2.03 bits per heavy atom. The predicted molar refractivity (Wildman–Crippen MR) is 114 cm³/mol. The van der Waals surface area contributed by atoms with Crippen LogP contribution in [0.2, 0.25) is 0 Å². The van der Waals surface area contributed by atoms with Crippen molar-refractivity contribution < 1.29 is 27.8 Å². The molecule has 32 heavy (non-hydrogen) atoms. The smallest absolute Gasteiger partial charge is 0.478 e. The summed E-state index contributed by atoms with van der Waals surface area (Å²) >= 11 is 0. The van der Waals surface area contributed by atoms with Gasteiger partial charge in [-0.05, 0) is 60.6 Å². The summed E-state index contributed by atoms with van der Waals surface area (Å²) in [6.07, 6.45) is -0.330. The molecule has 8 heteroatoms. The van der Waals surface area contributed by atoms with Crippen molar-refractivity contribution in [2.24, 2.45) is 5.41 Å². The number of nitrogens with zero attached hydrogens (tertiary/aromatic N) is 2. The van der Waals surface area contributed by atoms with E-state index in [0.29, 0.717) is 23.3 Å². The molecular formula is C24H25F3N2O3. The van der Waals surface area contributed by atoms with Crippen LogP contribution in [0.4, 0.5) is 13.2 Å². The number of hydrogen-bond donors (Lipinski definition) is 1. The Morgan fingerprint density at radius 1 is 1.25 bits per heavy atom. The number of imidazole rings is 1. The summed E-state index contributed by atoms with van der Waals surface area (Å²) in [5.41, 5.74) is 2.37. The van der Waals surface area contributed by atoms with Gasteiger partial charge >= 0.3 is 12.3 Å². The molecule has 170 valence electrons. The van der Waals surface area contributed by atoms with Crippen LogP contribution in [0.15, 0.2) is 42.5 Å². The number of carbonyl (C=O) groups is 1. The van der Waals surface area contributed by atoms with Crippen LogP contribution >= 0.6 is 0 Å². The van der Waals surface area contributed by atoms with E-state index in [9.17, 15) is 23.1 Å². The number of carboxylic acids is 1. The van der Waals surface area contributed by atoms with Crippen LogP contribution in [-0.2, 0) is 6.42 Å². The van der Waals surface area contributed by atoms with E-state index in [2.05, 4.69) is 23.2 Å². The highest BCUT2D eigenvalue weighted by Crippen LogP contribution is 2.43. The summed E-state index contributed by atoms with van der Waals surface area (Å²) in [6.45, 7) is 4.47. The van der Waals surface area contributed by atoms with Crippen LogP contribution in [-0.4, -0.2) is 27.0 Å². The van der Waals surface area contributed by atoms with Crippen LogP contribution in [0.3, 0.4) is 0 Å². The summed E-state index contributed by atoms with van der Waals surface area (Å²) in [7, 11) is 0. The maximum Gasteiger partial charge on any atom is 0.573 e. The normalized spacial score (nSPS) is 18.6. The van der Waals surface area contributed by atoms with Crippen molar-refractivity contribution in [3.05, 3.63) is 59.4 Å². The van der Waals surface area contributed by atoms with Crippen molar-refractivity contribution in [1.29, 1.82) is 0 Å². The summed E-state index contributed by atoms with van der Waals surface area (Å²) < 4.78 is 44.1. The fourth-order valence-electron chi connectivity index (χ4n) is 4.73. The Hall–Kier alpha value is -3.03. The highest BCUT2D eigenvalue weighted by atomic mass is 19.4. The van der Waals surface area contributed by atoms with Crippen LogP contribution < -0.4 is 4.74 Å². The van der Waals surface area contributed by atoms with Crippen molar-refractivity contribution in [1.82, 2.24) is 9.55 Å². The van der Waals surface area contributed by atoms with E-state index >= 15 is 0 Å². The van der Waals surface area contributed by atoms with Crippen LogP contribution in [0, 0.1) is 5.41 Å². The van der Waals surface area contributed by atoms with Gasteiger partial charge in [0.1, 0.15) is 11.6 Å². The van der Waals surface area contributed by atoms with Gasteiger partial charge in [0.05, 0.1) is 16.6 Å². The standard InChI is InChI=1S/C24H25F3N2O3/c1-23(2)10-4-6-17(14-23)29-20-9-8-16(22(30)31)13-19(20)28-21(29)12-15-5-3-7-18(11-15)32-24(25,26)27/h3,5,7-9,11,13,17H,4,6,10,12,14H2,1-2H3,(H,30,31). The van der Waals surface area contributed by atoms with E-state index in [1.807, 2.05) is 0 Å². The molecule has 1 atom stereocenters. The zero-order chi connectivity index (χ0) is 23.1. The molecule has 0 spiro atoms. The fourth-order valence-corrected chi connectivity index (χ4v) is 4.73. The van der Waals surface area contributed by atoms with Gasteiger partial charge in [-0.3, -0.25) is 0 Å². The van der Waals surface area contributed by atoms with Crippen molar-refractivity contribution in [2.45, 2.75) is 58.4 Å². The molecule has 1 aromatic heterocycles. The van der Waals surface area contributed by atoms with E-state index in [-0.39, 0.29) is 22.8 Å². The average molecular weight is 446 g/mol. The third-order valence-corrected chi connectivity index (χ3v) is 6.05. The molecule has 1 aliphatic rings. The van der Waals surface area contributed by atoms with E-state index in [1.165, 1.54) is 18.2 Å². The van der Waals surface area contributed by atoms with Crippen molar-refractivity contribution in [2.75, 3.05) is 0 Å². The van der Waals surface area contributed by atoms with Gasteiger partial charge in [0.15, 0.2) is 0 Å². The lowest BCUT2D eigenvalue weighted by atomic mass is 9.75. The second-order valence-electron chi connectivity index (χ2n) is 9.19. The molecule has 1 aliphatic carbocycles. The van der Waals surface area contributed by atoms with Crippen LogP contribution in [0.25, 0.3) is 11.0 Å². The van der Waals surface area contributed by atoms with Crippen molar-refractivity contribution in [3.8, 4) is 5.75 Å². The Balaban J connectivity index is 1.76. The predicted octanol–water partition coefficient (Wildman–Crippen LogP) is 6.37. The van der Waals surface area contributed by atoms with E-state index in [4.69, 9.17) is 4.98 Å². The number of carboxylic acid groups (broad SMARTS) is 1. The monoisotopic (exact) mass is 446 g/mol. The lowest BCUT2D eigenvalue weighted by Gasteiger charge is -2.36. The number of ether oxygens (including phenoxy) is 1. The van der Waals surface area contributed by atoms with E-state index < -0.39 is 12.3 Å². The van der Waals surface area contributed by atoms with E-state index in [0.717, 1.165) is 31.2 Å². The molecule has 0 bridgehead atoms. The molecular weight excluding hydrogens is 421 g/mol. The highest BCUT2D eigenvalue weighted by Gasteiger charge is 2.32. The first-order valence-electron chi connectivity index (χ1n) is 10.6. The largest absolute Gasteiger partial charge is 0.573 e. The van der Waals surface area contributed by atoms with Gasteiger partial charge in [-0.2, -0.15) is 0 Å². The minimum Gasteiger partial charge on any atom is -0.478 e.